The molecule has 18 heavy (non-hydrogen) atoms. The topological polar surface area (TPSA) is 15.3 Å². The molecular formula is C16H30N2. The molecular weight excluding hydrogens is 220 g/mol. The molecule has 2 nitrogen and oxygen atoms in total. The van der Waals surface area contributed by atoms with Crippen molar-refractivity contribution >= 4 is 0 Å². The first kappa shape index (κ1) is 12.9. The van der Waals surface area contributed by atoms with Crippen LogP contribution in [-0.2, 0) is 0 Å². The Bertz CT molecular complexity index is 270. The van der Waals surface area contributed by atoms with E-state index >= 15 is 0 Å². The van der Waals surface area contributed by atoms with Crippen molar-refractivity contribution in [3.05, 3.63) is 0 Å². The second-order valence-electron chi connectivity index (χ2n) is 7.26. The van der Waals surface area contributed by atoms with Crippen LogP contribution in [0.1, 0.15) is 51.9 Å². The number of nitrogens with one attached hydrogen (secondary N) is 1. The highest BCUT2D eigenvalue weighted by Gasteiger charge is 2.39. The summed E-state index contributed by atoms with van der Waals surface area (Å²) in [6.07, 6.45) is 10.2. The summed E-state index contributed by atoms with van der Waals surface area (Å²) in [4.78, 5) is 2.80. The molecule has 0 amide bonds. The van der Waals surface area contributed by atoms with E-state index in [-0.39, 0.29) is 0 Å². The van der Waals surface area contributed by atoms with Crippen molar-refractivity contribution in [1.82, 2.24) is 10.2 Å². The minimum absolute atomic E-state index is 0.698. The van der Waals surface area contributed by atoms with Crippen LogP contribution in [0.3, 0.4) is 0 Å². The molecule has 3 rings (SSSR count). The number of piperidine rings is 1. The second kappa shape index (κ2) is 5.50. The largest absolute Gasteiger partial charge is 0.317 e. The van der Waals surface area contributed by atoms with Crippen LogP contribution in [0.15, 0.2) is 0 Å². The summed E-state index contributed by atoms with van der Waals surface area (Å²) in [7, 11) is 0. The normalized spacial score (nSPS) is 37.2. The van der Waals surface area contributed by atoms with Crippen molar-refractivity contribution in [1.29, 1.82) is 0 Å². The van der Waals surface area contributed by atoms with Gasteiger partial charge in [-0.05, 0) is 62.6 Å². The van der Waals surface area contributed by atoms with Crippen molar-refractivity contribution in [2.45, 2.75) is 51.9 Å². The van der Waals surface area contributed by atoms with Crippen molar-refractivity contribution < 1.29 is 0 Å². The number of nitrogens with zero attached hydrogens (tertiary/aromatic N) is 1. The van der Waals surface area contributed by atoms with Crippen LogP contribution < -0.4 is 5.32 Å². The Morgan fingerprint density at radius 2 is 1.89 bits per heavy atom. The van der Waals surface area contributed by atoms with E-state index in [2.05, 4.69) is 17.1 Å². The average molecular weight is 250 g/mol. The van der Waals surface area contributed by atoms with Gasteiger partial charge in [0.15, 0.2) is 0 Å². The molecule has 3 fully saturated rings. The molecule has 0 radical (unpaired) electrons. The maximum atomic E-state index is 3.52. The Morgan fingerprint density at radius 1 is 1.11 bits per heavy atom. The molecule has 0 aromatic rings. The van der Waals surface area contributed by atoms with E-state index in [0.717, 1.165) is 11.8 Å². The third-order valence-electron chi connectivity index (χ3n) is 5.96. The van der Waals surface area contributed by atoms with Crippen LogP contribution in [0.25, 0.3) is 0 Å². The predicted octanol–water partition coefficient (Wildman–Crippen LogP) is 2.89. The summed E-state index contributed by atoms with van der Waals surface area (Å²) < 4.78 is 0. The van der Waals surface area contributed by atoms with Crippen LogP contribution in [0.2, 0.25) is 0 Å². The fraction of sp³-hybridized carbons (Fsp3) is 1.00. The molecule has 2 atom stereocenters. The Kier molecular flexibility index (Phi) is 3.95. The van der Waals surface area contributed by atoms with Gasteiger partial charge < -0.3 is 10.2 Å². The molecule has 0 bridgehead atoms. The summed E-state index contributed by atoms with van der Waals surface area (Å²) in [6, 6.07) is 0. The summed E-state index contributed by atoms with van der Waals surface area (Å²) in [5, 5.41) is 3.52. The van der Waals surface area contributed by atoms with Crippen LogP contribution in [0, 0.1) is 17.3 Å². The van der Waals surface area contributed by atoms with Gasteiger partial charge in [-0.3, -0.25) is 0 Å². The van der Waals surface area contributed by atoms with Crippen molar-refractivity contribution in [2.24, 2.45) is 17.3 Å². The lowest BCUT2D eigenvalue weighted by molar-refractivity contribution is 0.151. The molecule has 1 N–H and O–H groups in total. The zero-order valence-corrected chi connectivity index (χ0v) is 12.1. The van der Waals surface area contributed by atoms with Gasteiger partial charge in [0.2, 0.25) is 0 Å². The minimum atomic E-state index is 0.698. The first-order valence-electron chi connectivity index (χ1n) is 8.21. The molecule has 104 valence electrons. The van der Waals surface area contributed by atoms with Crippen LogP contribution in [0.4, 0.5) is 0 Å². The lowest BCUT2D eigenvalue weighted by Crippen LogP contribution is -2.40. The van der Waals surface area contributed by atoms with E-state index in [1.807, 2.05) is 0 Å². The number of likely N-dealkylation sites (tertiary alicyclic amines) is 1. The van der Waals surface area contributed by atoms with Gasteiger partial charge in [0, 0.05) is 13.1 Å². The molecule has 2 heteroatoms. The molecule has 2 saturated heterocycles. The highest BCUT2D eigenvalue weighted by Crippen LogP contribution is 2.40. The lowest BCUT2D eigenvalue weighted by Gasteiger charge is -2.36. The summed E-state index contributed by atoms with van der Waals surface area (Å²) in [5.41, 5.74) is 0.698. The van der Waals surface area contributed by atoms with Crippen molar-refractivity contribution in [3.63, 3.8) is 0 Å². The third-order valence-corrected chi connectivity index (χ3v) is 5.96. The van der Waals surface area contributed by atoms with E-state index in [1.54, 1.807) is 0 Å². The highest BCUT2D eigenvalue weighted by molar-refractivity contribution is 4.93. The van der Waals surface area contributed by atoms with Gasteiger partial charge in [-0.2, -0.15) is 0 Å². The Labute approximate surface area is 113 Å². The van der Waals surface area contributed by atoms with Gasteiger partial charge in [-0.1, -0.05) is 26.2 Å². The molecule has 1 aliphatic carbocycles. The number of rotatable bonds is 2. The molecule has 1 saturated carbocycles. The first-order chi connectivity index (χ1) is 8.77. The van der Waals surface area contributed by atoms with Crippen molar-refractivity contribution in [3.8, 4) is 0 Å². The lowest BCUT2D eigenvalue weighted by atomic mass is 9.78. The minimum Gasteiger partial charge on any atom is -0.317 e. The average Bonchev–Trinajstić information content (AvgIpc) is 2.76. The van der Waals surface area contributed by atoms with E-state index in [1.165, 1.54) is 77.7 Å². The zero-order valence-electron chi connectivity index (χ0n) is 12.1. The van der Waals surface area contributed by atoms with E-state index in [9.17, 15) is 0 Å². The Hall–Kier alpha value is -0.0800. The maximum Gasteiger partial charge on any atom is 0.00395 e. The van der Waals surface area contributed by atoms with Crippen LogP contribution >= 0.6 is 0 Å². The number of hydrogen-bond donors (Lipinski definition) is 1. The van der Waals surface area contributed by atoms with Gasteiger partial charge in [-0.25, -0.2) is 0 Å². The zero-order chi connectivity index (χ0) is 12.4. The highest BCUT2D eigenvalue weighted by atomic mass is 15.2. The van der Waals surface area contributed by atoms with Gasteiger partial charge in [0.05, 0.1) is 0 Å². The summed E-state index contributed by atoms with van der Waals surface area (Å²) in [5.74, 6) is 1.97. The second-order valence-corrected chi connectivity index (χ2v) is 7.26. The Balaban J connectivity index is 1.52. The van der Waals surface area contributed by atoms with Gasteiger partial charge in [0.25, 0.3) is 0 Å². The Morgan fingerprint density at radius 3 is 2.67 bits per heavy atom. The standard InChI is InChI=1S/C16H30N2/c1-14-4-2-3-5-15(14)12-18-11-8-16(13-18)6-9-17-10-7-16/h14-15,17H,2-13H2,1H3. The molecule has 2 aliphatic heterocycles. The third kappa shape index (κ3) is 2.75. The van der Waals surface area contributed by atoms with Gasteiger partial charge >= 0.3 is 0 Å². The smallest absolute Gasteiger partial charge is 0.00395 e. The molecule has 0 aromatic carbocycles. The molecule has 2 heterocycles. The summed E-state index contributed by atoms with van der Waals surface area (Å²) >= 11 is 0. The van der Waals surface area contributed by atoms with Crippen LogP contribution in [0.5, 0.6) is 0 Å². The fourth-order valence-electron chi connectivity index (χ4n) is 4.54. The van der Waals surface area contributed by atoms with Crippen LogP contribution in [-0.4, -0.2) is 37.6 Å². The molecule has 1 spiro atoms. The van der Waals surface area contributed by atoms with Crippen molar-refractivity contribution in [2.75, 3.05) is 32.7 Å². The quantitative estimate of drug-likeness (QED) is 0.810. The molecule has 3 aliphatic rings. The molecule has 0 aromatic heterocycles. The number of hydrogen-bond acceptors (Lipinski definition) is 2. The van der Waals surface area contributed by atoms with E-state index in [0.29, 0.717) is 5.41 Å². The monoisotopic (exact) mass is 250 g/mol. The fourth-order valence-corrected chi connectivity index (χ4v) is 4.54. The van der Waals surface area contributed by atoms with Gasteiger partial charge in [0.1, 0.15) is 0 Å². The van der Waals surface area contributed by atoms with E-state index < -0.39 is 0 Å². The summed E-state index contributed by atoms with van der Waals surface area (Å²) in [6.45, 7) is 9.18. The van der Waals surface area contributed by atoms with E-state index in [4.69, 9.17) is 0 Å². The maximum absolute atomic E-state index is 3.52. The van der Waals surface area contributed by atoms with Gasteiger partial charge in [-0.15, -0.1) is 0 Å². The molecule has 2 unspecified atom stereocenters. The predicted molar refractivity (Wildman–Crippen MR) is 76.7 cm³/mol. The SMILES string of the molecule is CC1CCCCC1CN1CCC2(CCNCC2)C1. The first-order valence-corrected chi connectivity index (χ1v) is 8.21.